The maximum Gasteiger partial charge on any atom is 0.241 e. The summed E-state index contributed by atoms with van der Waals surface area (Å²) in [7, 11) is 0. The number of fused-ring (bicyclic) bond motifs is 1. The van der Waals surface area contributed by atoms with Gasteiger partial charge in [0.25, 0.3) is 0 Å². The average molecular weight is 314 g/mol. The number of para-hydroxylation sites is 1. The van der Waals surface area contributed by atoms with Gasteiger partial charge >= 0.3 is 0 Å². The van der Waals surface area contributed by atoms with Gasteiger partial charge in [-0.15, -0.1) is 0 Å². The number of benzene rings is 1. The molecule has 122 valence electrons. The minimum atomic E-state index is 0.115. The Balaban J connectivity index is 1.70. The van der Waals surface area contributed by atoms with E-state index in [1.807, 2.05) is 34.9 Å². The van der Waals surface area contributed by atoms with Crippen molar-refractivity contribution >= 4 is 11.6 Å². The number of nitrogens with zero attached hydrogens (tertiary/aromatic N) is 4. The Morgan fingerprint density at radius 1 is 1.43 bits per heavy atom. The molecule has 0 bridgehead atoms. The number of anilines is 1. The van der Waals surface area contributed by atoms with Crippen molar-refractivity contribution in [3.63, 3.8) is 0 Å². The van der Waals surface area contributed by atoms with Gasteiger partial charge in [0.1, 0.15) is 0 Å². The molecule has 1 aliphatic rings. The Morgan fingerprint density at radius 2 is 2.22 bits per heavy atom. The summed E-state index contributed by atoms with van der Waals surface area (Å²) in [6.07, 6.45) is 0.915. The molecule has 0 spiro atoms. The van der Waals surface area contributed by atoms with Crippen molar-refractivity contribution in [1.29, 1.82) is 0 Å². The molecule has 0 fully saturated rings. The van der Waals surface area contributed by atoms with Gasteiger partial charge < -0.3 is 9.42 Å². The van der Waals surface area contributed by atoms with Gasteiger partial charge in [0.05, 0.1) is 13.1 Å². The van der Waals surface area contributed by atoms with Gasteiger partial charge in [0.15, 0.2) is 5.82 Å². The van der Waals surface area contributed by atoms with Crippen LogP contribution in [-0.4, -0.2) is 40.1 Å². The second-order valence-electron chi connectivity index (χ2n) is 5.98. The van der Waals surface area contributed by atoms with Crippen molar-refractivity contribution in [3.05, 3.63) is 41.5 Å². The molecule has 1 aromatic heterocycles. The van der Waals surface area contributed by atoms with Crippen LogP contribution < -0.4 is 4.90 Å². The lowest BCUT2D eigenvalue weighted by Gasteiger charge is -2.26. The van der Waals surface area contributed by atoms with Gasteiger partial charge in [-0.05, 0) is 31.5 Å². The number of amides is 1. The van der Waals surface area contributed by atoms with Crippen LogP contribution in [0.25, 0.3) is 0 Å². The lowest BCUT2D eigenvalue weighted by Crippen LogP contribution is -2.43. The molecule has 1 amide bonds. The lowest BCUT2D eigenvalue weighted by molar-refractivity contribution is -0.120. The maximum absolute atomic E-state index is 12.8. The van der Waals surface area contributed by atoms with Crippen LogP contribution in [0.15, 0.2) is 28.8 Å². The molecule has 2 heterocycles. The van der Waals surface area contributed by atoms with Crippen LogP contribution >= 0.6 is 0 Å². The average Bonchev–Trinajstić information content (AvgIpc) is 3.08. The minimum Gasteiger partial charge on any atom is -0.340 e. The highest BCUT2D eigenvalue weighted by atomic mass is 16.5. The predicted octanol–water partition coefficient (Wildman–Crippen LogP) is 2.18. The Hall–Kier alpha value is -2.21. The Kier molecular flexibility index (Phi) is 4.43. The first kappa shape index (κ1) is 15.7. The molecule has 1 aromatic carbocycles. The van der Waals surface area contributed by atoms with Crippen molar-refractivity contribution in [2.75, 3.05) is 18.0 Å². The highest BCUT2D eigenvalue weighted by Gasteiger charge is 2.31. The summed E-state index contributed by atoms with van der Waals surface area (Å²) in [6, 6.07) is 8.33. The van der Waals surface area contributed by atoms with E-state index in [0.29, 0.717) is 24.8 Å². The van der Waals surface area contributed by atoms with Gasteiger partial charge in [-0.3, -0.25) is 9.69 Å². The van der Waals surface area contributed by atoms with Crippen molar-refractivity contribution in [2.45, 2.75) is 39.8 Å². The van der Waals surface area contributed by atoms with Crippen LogP contribution in [0, 0.1) is 6.92 Å². The molecule has 23 heavy (non-hydrogen) atoms. The van der Waals surface area contributed by atoms with Gasteiger partial charge in [-0.2, -0.15) is 4.98 Å². The zero-order valence-corrected chi connectivity index (χ0v) is 13.8. The Labute approximate surface area is 136 Å². The normalized spacial score (nSPS) is 16.9. The number of carbonyl (C=O) groups is 1. The van der Waals surface area contributed by atoms with Crippen LogP contribution in [0.3, 0.4) is 0 Å². The minimum absolute atomic E-state index is 0.115. The Bertz CT molecular complexity index is 697. The van der Waals surface area contributed by atoms with Crippen LogP contribution in [0.2, 0.25) is 0 Å². The molecule has 0 radical (unpaired) electrons. The van der Waals surface area contributed by atoms with Crippen molar-refractivity contribution in [2.24, 2.45) is 0 Å². The third-order valence-corrected chi connectivity index (χ3v) is 4.22. The highest BCUT2D eigenvalue weighted by Crippen LogP contribution is 2.31. The monoisotopic (exact) mass is 314 g/mol. The largest absolute Gasteiger partial charge is 0.340 e. The highest BCUT2D eigenvalue weighted by molar-refractivity contribution is 5.97. The number of hydrogen-bond donors (Lipinski definition) is 0. The molecule has 0 saturated heterocycles. The van der Waals surface area contributed by atoms with Gasteiger partial charge in [0.2, 0.25) is 11.8 Å². The van der Waals surface area contributed by atoms with E-state index in [0.717, 1.165) is 18.7 Å². The number of likely N-dealkylation sites (N-methyl/N-ethyl adjacent to an activating group) is 1. The van der Waals surface area contributed by atoms with E-state index in [-0.39, 0.29) is 11.9 Å². The zero-order valence-electron chi connectivity index (χ0n) is 13.8. The summed E-state index contributed by atoms with van der Waals surface area (Å²) in [4.78, 5) is 21.0. The summed E-state index contributed by atoms with van der Waals surface area (Å²) in [5.41, 5.74) is 2.28. The first-order chi connectivity index (χ1) is 11.1. The van der Waals surface area contributed by atoms with Crippen LogP contribution in [0.5, 0.6) is 0 Å². The van der Waals surface area contributed by atoms with E-state index in [1.54, 1.807) is 6.92 Å². The SMILES string of the molecule is CCN(CC(=O)N1c2ccccc2CC1C)Cc1noc(C)n1. The summed E-state index contributed by atoms with van der Waals surface area (Å²) >= 11 is 0. The van der Waals surface area contributed by atoms with Crippen molar-refractivity contribution in [3.8, 4) is 0 Å². The van der Waals surface area contributed by atoms with Gasteiger partial charge in [-0.25, -0.2) is 0 Å². The second-order valence-corrected chi connectivity index (χ2v) is 5.98. The van der Waals surface area contributed by atoms with Crippen LogP contribution in [0.1, 0.15) is 31.1 Å². The van der Waals surface area contributed by atoms with Crippen LogP contribution in [-0.2, 0) is 17.8 Å². The summed E-state index contributed by atoms with van der Waals surface area (Å²) < 4.78 is 5.00. The summed E-state index contributed by atoms with van der Waals surface area (Å²) in [5, 5.41) is 3.91. The number of aryl methyl sites for hydroxylation is 1. The van der Waals surface area contributed by atoms with Crippen molar-refractivity contribution < 1.29 is 9.32 Å². The number of hydrogen-bond acceptors (Lipinski definition) is 5. The van der Waals surface area contributed by atoms with Gasteiger partial charge in [0, 0.05) is 18.7 Å². The molecule has 6 nitrogen and oxygen atoms in total. The Morgan fingerprint density at radius 3 is 2.91 bits per heavy atom. The van der Waals surface area contributed by atoms with E-state index in [9.17, 15) is 4.79 Å². The predicted molar refractivity (Wildman–Crippen MR) is 87.1 cm³/mol. The molecular formula is C17H22N4O2. The molecule has 0 aliphatic carbocycles. The topological polar surface area (TPSA) is 62.5 Å². The number of aromatic nitrogens is 2. The fourth-order valence-electron chi connectivity index (χ4n) is 3.10. The standard InChI is InChI=1S/C17H22N4O2/c1-4-20(10-16-18-13(3)23-19-16)11-17(22)21-12(2)9-14-7-5-6-8-15(14)21/h5-8,12H,4,9-11H2,1-3H3. The quantitative estimate of drug-likeness (QED) is 0.846. The maximum atomic E-state index is 12.8. The van der Waals surface area contributed by atoms with Crippen molar-refractivity contribution in [1.82, 2.24) is 15.0 Å². The molecule has 1 atom stereocenters. The number of rotatable bonds is 5. The molecule has 0 N–H and O–H groups in total. The van der Waals surface area contributed by atoms with Gasteiger partial charge in [-0.1, -0.05) is 30.3 Å². The number of carbonyl (C=O) groups excluding carboxylic acids is 1. The fraction of sp³-hybridized carbons (Fsp3) is 0.471. The molecule has 6 heteroatoms. The van der Waals surface area contributed by atoms with E-state index < -0.39 is 0 Å². The first-order valence-electron chi connectivity index (χ1n) is 8.00. The van der Waals surface area contributed by atoms with E-state index in [1.165, 1.54) is 5.56 Å². The summed E-state index contributed by atoms with van der Waals surface area (Å²) in [5.74, 6) is 1.28. The molecule has 1 unspecified atom stereocenters. The summed E-state index contributed by atoms with van der Waals surface area (Å²) in [6.45, 7) is 7.51. The van der Waals surface area contributed by atoms with E-state index in [2.05, 4.69) is 23.1 Å². The molecule has 2 aromatic rings. The smallest absolute Gasteiger partial charge is 0.241 e. The van der Waals surface area contributed by atoms with Crippen LogP contribution in [0.4, 0.5) is 5.69 Å². The van der Waals surface area contributed by atoms with E-state index in [4.69, 9.17) is 4.52 Å². The first-order valence-corrected chi connectivity index (χ1v) is 8.00. The fourth-order valence-corrected chi connectivity index (χ4v) is 3.10. The molecular weight excluding hydrogens is 292 g/mol. The second kappa shape index (κ2) is 6.50. The molecule has 3 rings (SSSR count). The molecule has 1 aliphatic heterocycles. The zero-order chi connectivity index (χ0) is 16.4. The lowest BCUT2D eigenvalue weighted by atomic mass is 10.1. The van der Waals surface area contributed by atoms with E-state index >= 15 is 0 Å². The molecule has 0 saturated carbocycles. The third-order valence-electron chi connectivity index (χ3n) is 4.22. The third kappa shape index (κ3) is 3.27.